The van der Waals surface area contributed by atoms with Gasteiger partial charge in [-0.2, -0.15) is 0 Å². The molecule has 0 aromatic rings. The van der Waals surface area contributed by atoms with Gasteiger partial charge in [0.1, 0.15) is 0 Å². The lowest BCUT2D eigenvalue weighted by molar-refractivity contribution is 0.364. The molecule has 0 saturated carbocycles. The summed E-state index contributed by atoms with van der Waals surface area (Å²) in [6, 6.07) is 0. The Balaban J connectivity index is 3.83. The number of hydrogen-bond acceptors (Lipinski definition) is 1. The van der Waals surface area contributed by atoms with Crippen LogP contribution in [0.4, 0.5) is 0 Å². The molecule has 0 bridgehead atoms. The molecule has 0 radical (unpaired) electrons. The fourth-order valence-corrected chi connectivity index (χ4v) is 1.36. The molecular formula is C13H29N3. The van der Waals surface area contributed by atoms with Crippen LogP contribution in [-0.4, -0.2) is 25.1 Å². The van der Waals surface area contributed by atoms with Crippen LogP contribution in [0.15, 0.2) is 4.99 Å². The van der Waals surface area contributed by atoms with E-state index in [4.69, 9.17) is 0 Å². The van der Waals surface area contributed by atoms with E-state index in [1.165, 1.54) is 12.8 Å². The van der Waals surface area contributed by atoms with Crippen molar-refractivity contribution in [3.05, 3.63) is 0 Å². The quantitative estimate of drug-likeness (QED) is 0.442. The van der Waals surface area contributed by atoms with Crippen molar-refractivity contribution in [2.75, 3.05) is 13.6 Å². The van der Waals surface area contributed by atoms with E-state index in [1.54, 1.807) is 0 Å². The van der Waals surface area contributed by atoms with Gasteiger partial charge >= 0.3 is 0 Å². The molecule has 16 heavy (non-hydrogen) atoms. The van der Waals surface area contributed by atoms with E-state index in [1.807, 2.05) is 7.05 Å². The minimum Gasteiger partial charge on any atom is -0.356 e. The van der Waals surface area contributed by atoms with Crippen LogP contribution >= 0.6 is 0 Å². The minimum absolute atomic E-state index is 0.0614. The van der Waals surface area contributed by atoms with Gasteiger partial charge in [0, 0.05) is 19.1 Å². The predicted octanol–water partition coefficient (Wildman–Crippen LogP) is 2.78. The van der Waals surface area contributed by atoms with Gasteiger partial charge in [-0.3, -0.25) is 4.99 Å². The third kappa shape index (κ3) is 9.81. The maximum Gasteiger partial charge on any atom is 0.191 e. The maximum absolute atomic E-state index is 4.20. The van der Waals surface area contributed by atoms with Crippen LogP contribution in [0.2, 0.25) is 0 Å². The number of nitrogens with zero attached hydrogens (tertiary/aromatic N) is 1. The van der Waals surface area contributed by atoms with E-state index in [2.05, 4.69) is 57.2 Å². The normalized spacial score (nSPS) is 13.8. The Bertz CT molecular complexity index is 218. The molecule has 0 saturated heterocycles. The summed E-state index contributed by atoms with van der Waals surface area (Å²) in [6.45, 7) is 14.2. The molecule has 0 spiro atoms. The van der Waals surface area contributed by atoms with Gasteiger partial charge in [-0.25, -0.2) is 0 Å². The van der Waals surface area contributed by atoms with Crippen LogP contribution in [0.5, 0.6) is 0 Å². The second-order valence-corrected chi connectivity index (χ2v) is 6.54. The summed E-state index contributed by atoms with van der Waals surface area (Å²) in [4.78, 5) is 4.20. The molecule has 0 heterocycles. The summed E-state index contributed by atoms with van der Waals surface area (Å²) in [5.74, 6) is 0.890. The largest absolute Gasteiger partial charge is 0.356 e. The highest BCUT2D eigenvalue weighted by atomic mass is 15.2. The number of nitrogens with one attached hydrogen (secondary N) is 2. The first kappa shape index (κ1) is 15.3. The summed E-state index contributed by atoms with van der Waals surface area (Å²) >= 11 is 0. The smallest absolute Gasteiger partial charge is 0.191 e. The molecule has 0 unspecified atom stereocenters. The Kier molecular flexibility index (Phi) is 5.84. The van der Waals surface area contributed by atoms with Crippen LogP contribution in [0.3, 0.4) is 0 Å². The molecule has 0 aliphatic heterocycles. The Morgan fingerprint density at radius 1 is 1.06 bits per heavy atom. The molecule has 0 aliphatic carbocycles. The van der Waals surface area contributed by atoms with E-state index >= 15 is 0 Å². The van der Waals surface area contributed by atoms with Crippen LogP contribution < -0.4 is 10.6 Å². The van der Waals surface area contributed by atoms with Crippen molar-refractivity contribution in [1.29, 1.82) is 0 Å². The lowest BCUT2D eigenvalue weighted by Gasteiger charge is -2.24. The molecule has 0 atom stereocenters. The average Bonchev–Trinajstić information content (AvgIpc) is 2.06. The van der Waals surface area contributed by atoms with Crippen molar-refractivity contribution in [3.8, 4) is 0 Å². The summed E-state index contributed by atoms with van der Waals surface area (Å²) < 4.78 is 0. The van der Waals surface area contributed by atoms with Crippen molar-refractivity contribution < 1.29 is 0 Å². The molecule has 0 aromatic carbocycles. The number of hydrogen-bond donors (Lipinski definition) is 2. The van der Waals surface area contributed by atoms with Crippen molar-refractivity contribution >= 4 is 5.96 Å². The Morgan fingerprint density at radius 3 is 2.00 bits per heavy atom. The lowest BCUT2D eigenvalue weighted by atomic mass is 9.91. The van der Waals surface area contributed by atoms with Gasteiger partial charge in [0.25, 0.3) is 0 Å². The molecule has 96 valence electrons. The molecule has 0 aliphatic rings. The molecule has 0 fully saturated rings. The third-order valence-corrected chi connectivity index (χ3v) is 2.11. The van der Waals surface area contributed by atoms with E-state index in [0.29, 0.717) is 5.41 Å². The van der Waals surface area contributed by atoms with Crippen molar-refractivity contribution in [3.63, 3.8) is 0 Å². The maximum atomic E-state index is 4.20. The molecule has 0 rings (SSSR count). The number of guanidine groups is 1. The van der Waals surface area contributed by atoms with Crippen molar-refractivity contribution in [2.45, 2.75) is 59.9 Å². The highest BCUT2D eigenvalue weighted by Gasteiger charge is 2.12. The topological polar surface area (TPSA) is 36.4 Å². The monoisotopic (exact) mass is 227 g/mol. The van der Waals surface area contributed by atoms with Crippen molar-refractivity contribution in [2.24, 2.45) is 10.4 Å². The average molecular weight is 227 g/mol. The second-order valence-electron chi connectivity index (χ2n) is 6.54. The van der Waals surface area contributed by atoms with Gasteiger partial charge in [0.2, 0.25) is 0 Å². The van der Waals surface area contributed by atoms with Crippen molar-refractivity contribution in [1.82, 2.24) is 10.6 Å². The predicted molar refractivity (Wildman–Crippen MR) is 72.9 cm³/mol. The fraction of sp³-hybridized carbons (Fsp3) is 0.923. The highest BCUT2D eigenvalue weighted by Crippen LogP contribution is 2.19. The number of rotatable bonds is 3. The Hall–Kier alpha value is -0.730. The SMILES string of the molecule is CN=C(NCCCC(C)(C)C)NC(C)(C)C. The summed E-state index contributed by atoms with van der Waals surface area (Å²) in [7, 11) is 1.81. The van der Waals surface area contributed by atoms with E-state index in [-0.39, 0.29) is 5.54 Å². The van der Waals surface area contributed by atoms with Gasteiger partial charge in [0.15, 0.2) is 5.96 Å². The zero-order chi connectivity index (χ0) is 12.8. The first-order chi connectivity index (χ1) is 7.14. The lowest BCUT2D eigenvalue weighted by Crippen LogP contribution is -2.47. The van der Waals surface area contributed by atoms with Gasteiger partial charge in [-0.05, 0) is 39.0 Å². The second kappa shape index (κ2) is 6.12. The zero-order valence-corrected chi connectivity index (χ0v) is 12.1. The van der Waals surface area contributed by atoms with Gasteiger partial charge in [-0.1, -0.05) is 20.8 Å². The molecule has 2 N–H and O–H groups in total. The highest BCUT2D eigenvalue weighted by molar-refractivity contribution is 5.80. The Morgan fingerprint density at radius 2 is 1.62 bits per heavy atom. The van der Waals surface area contributed by atoms with E-state index in [9.17, 15) is 0 Å². The molecule has 3 heteroatoms. The van der Waals surface area contributed by atoms with Gasteiger partial charge in [-0.15, -0.1) is 0 Å². The van der Waals surface area contributed by atoms with Crippen LogP contribution in [-0.2, 0) is 0 Å². The Labute approximate surface area is 101 Å². The summed E-state index contributed by atoms with van der Waals surface area (Å²) in [5, 5.41) is 6.68. The molecular weight excluding hydrogens is 198 g/mol. The first-order valence-electron chi connectivity index (χ1n) is 6.13. The standard InChI is InChI=1S/C13H29N3/c1-12(2,3)9-8-10-15-11(14-7)16-13(4,5)6/h8-10H2,1-7H3,(H2,14,15,16). The van der Waals surface area contributed by atoms with Gasteiger partial charge in [0.05, 0.1) is 0 Å². The van der Waals surface area contributed by atoms with Crippen LogP contribution in [0, 0.1) is 5.41 Å². The molecule has 0 aromatic heterocycles. The summed E-state index contributed by atoms with van der Waals surface area (Å²) in [6.07, 6.45) is 2.40. The van der Waals surface area contributed by atoms with Gasteiger partial charge < -0.3 is 10.6 Å². The number of aliphatic imine (C=N–C) groups is 1. The zero-order valence-electron chi connectivity index (χ0n) is 12.1. The van der Waals surface area contributed by atoms with Crippen LogP contribution in [0.1, 0.15) is 54.4 Å². The third-order valence-electron chi connectivity index (χ3n) is 2.11. The molecule has 0 amide bonds. The van der Waals surface area contributed by atoms with E-state index < -0.39 is 0 Å². The fourth-order valence-electron chi connectivity index (χ4n) is 1.36. The minimum atomic E-state index is 0.0614. The van der Waals surface area contributed by atoms with E-state index in [0.717, 1.165) is 12.5 Å². The molecule has 3 nitrogen and oxygen atoms in total. The first-order valence-corrected chi connectivity index (χ1v) is 6.13. The summed E-state index contributed by atoms with van der Waals surface area (Å²) in [5.41, 5.74) is 0.481. The van der Waals surface area contributed by atoms with Crippen LogP contribution in [0.25, 0.3) is 0 Å².